The molecule has 16 heteroatoms. The number of carbonyl (C=O) groups is 3. The van der Waals surface area contributed by atoms with Crippen molar-refractivity contribution in [2.24, 2.45) is 0 Å². The number of carbonyl (C=O) groups excluding carboxylic acids is 3. The minimum absolute atomic E-state index is 0. The molecular weight excluding hydrogens is 364 g/mol. The standard InChI is InChI=1S/C4H6.C3H2O6.CO2.CH4.8H2O.2H2/c1-3-4-2;4-1(5)2(6)9-3(7)8;2-1-3;;;;;;;;;;;/h1-2H3;(H,4,5)(H,7,8);;1H4;8*1H2;2*1H. The summed E-state index contributed by atoms with van der Waals surface area (Å²) in [6, 6.07) is 0. The number of esters is 1. The summed E-state index contributed by atoms with van der Waals surface area (Å²) in [6.07, 6.45) is -1.68. The monoisotopic (exact) mass is 396 g/mol. The molecule has 0 aliphatic heterocycles. The molecule has 0 fully saturated rings. The van der Waals surface area contributed by atoms with Gasteiger partial charge < -0.3 is 58.8 Å². The van der Waals surface area contributed by atoms with Gasteiger partial charge in [-0.05, 0) is 13.8 Å². The molecule has 0 atom stereocenters. The molecule has 16 nitrogen and oxygen atoms in total. The molecule has 0 heterocycles. The van der Waals surface area contributed by atoms with Gasteiger partial charge >= 0.3 is 24.2 Å². The van der Waals surface area contributed by atoms with E-state index in [0.29, 0.717) is 0 Å². The van der Waals surface area contributed by atoms with E-state index in [1.54, 1.807) is 0 Å². The highest BCUT2D eigenvalue weighted by Gasteiger charge is 2.16. The van der Waals surface area contributed by atoms with Crippen LogP contribution in [0.2, 0.25) is 0 Å². The predicted octanol–water partition coefficient (Wildman–Crippen LogP) is -5.73. The van der Waals surface area contributed by atoms with Crippen molar-refractivity contribution in [2.75, 3.05) is 0 Å². The first-order valence-corrected chi connectivity index (χ1v) is 3.38. The number of aliphatic carboxylic acids is 1. The van der Waals surface area contributed by atoms with Crippen LogP contribution in [0.1, 0.15) is 24.1 Å². The quantitative estimate of drug-likeness (QED) is 0.171. The van der Waals surface area contributed by atoms with Crippen LogP contribution in [0.15, 0.2) is 0 Å². The number of ether oxygens (including phenoxy) is 1. The Hall–Kier alpha value is -2.97. The zero-order chi connectivity index (χ0) is 13.6. The first kappa shape index (κ1) is 96.8. The van der Waals surface area contributed by atoms with E-state index in [9.17, 15) is 14.4 Å². The molecule has 0 amide bonds. The molecule has 0 radical (unpaired) electrons. The highest BCUT2D eigenvalue weighted by molar-refractivity contribution is 6.30. The maximum absolute atomic E-state index is 9.75. The maximum atomic E-state index is 9.75. The first-order valence-electron chi connectivity index (χ1n) is 3.38. The second-order valence-corrected chi connectivity index (χ2v) is 1.54. The Kier molecular flexibility index (Phi) is 325. The average Bonchev–Trinajstić information content (AvgIpc) is 2.18. The number of hydrogen-bond donors (Lipinski definition) is 2. The predicted molar refractivity (Wildman–Crippen MR) is 85.8 cm³/mol. The Morgan fingerprint density at radius 3 is 1.00 bits per heavy atom. The molecule has 0 aromatic carbocycles. The normalized spacial score (nSPS) is 3.76. The van der Waals surface area contributed by atoms with Gasteiger partial charge in [-0.2, -0.15) is 9.59 Å². The summed E-state index contributed by atoms with van der Waals surface area (Å²) in [5.41, 5.74) is 0. The van der Waals surface area contributed by atoms with Gasteiger partial charge in [-0.1, -0.05) is 7.43 Å². The highest BCUT2D eigenvalue weighted by Crippen LogP contribution is 1.77. The van der Waals surface area contributed by atoms with Gasteiger partial charge in [-0.15, -0.1) is 11.8 Å². The Morgan fingerprint density at radius 2 is 0.960 bits per heavy atom. The molecular formula is C9H32O16. The molecule has 0 saturated carbocycles. The third-order valence-electron chi connectivity index (χ3n) is 0.605. The van der Waals surface area contributed by atoms with Crippen molar-refractivity contribution in [3.63, 3.8) is 0 Å². The molecule has 0 rings (SSSR count). The Balaban J connectivity index is -0.00000000713. The van der Waals surface area contributed by atoms with Crippen LogP contribution in [0.4, 0.5) is 4.79 Å². The van der Waals surface area contributed by atoms with Crippen molar-refractivity contribution in [1.29, 1.82) is 0 Å². The fourth-order valence-electron chi connectivity index (χ4n) is 0.123. The molecule has 0 aromatic rings. The lowest BCUT2D eigenvalue weighted by molar-refractivity contribution is -0.191. The van der Waals surface area contributed by atoms with E-state index in [1.165, 1.54) is 0 Å². The average molecular weight is 396 g/mol. The summed E-state index contributed by atoms with van der Waals surface area (Å²) >= 11 is 0. The lowest BCUT2D eigenvalue weighted by Gasteiger charge is -1.88. The first-order chi connectivity index (χ1) is 7.37. The summed E-state index contributed by atoms with van der Waals surface area (Å²) in [5, 5.41) is 15.3. The Morgan fingerprint density at radius 1 is 0.760 bits per heavy atom. The van der Waals surface area contributed by atoms with Crippen LogP contribution in [-0.2, 0) is 23.9 Å². The summed E-state index contributed by atoms with van der Waals surface area (Å²) in [5.74, 6) is 1.62. The number of carboxylic acid groups (broad SMARTS) is 2. The lowest BCUT2D eigenvalue weighted by Crippen LogP contribution is -2.19. The van der Waals surface area contributed by atoms with Gasteiger partial charge in [0.1, 0.15) is 0 Å². The second-order valence-electron chi connectivity index (χ2n) is 1.54. The SMILES string of the molecule is C.CC#CC.O.O.O.O.O.O.O.O.O=C(O)OC(=O)C(=O)O.O=C=O.[HH].[HH]. The van der Waals surface area contributed by atoms with Gasteiger partial charge in [0, 0.05) is 2.85 Å². The fourth-order valence-corrected chi connectivity index (χ4v) is 0.123. The van der Waals surface area contributed by atoms with E-state index in [0.717, 1.165) is 0 Å². The zero-order valence-electron chi connectivity index (χ0n) is 12.3. The number of carboxylic acids is 1. The molecule has 18 N–H and O–H groups in total. The Labute approximate surface area is 144 Å². The lowest BCUT2D eigenvalue weighted by atomic mass is 10.7. The molecule has 0 saturated heterocycles. The largest absolute Gasteiger partial charge is 0.514 e. The van der Waals surface area contributed by atoms with Gasteiger partial charge in [-0.3, -0.25) is 0 Å². The topological polar surface area (TPSA) is 387 Å². The van der Waals surface area contributed by atoms with E-state index in [4.69, 9.17) is 19.8 Å². The van der Waals surface area contributed by atoms with Gasteiger partial charge in [0.2, 0.25) is 0 Å². The molecule has 0 spiro atoms. The molecule has 164 valence electrons. The number of rotatable bonds is 0. The van der Waals surface area contributed by atoms with Crippen LogP contribution >= 0.6 is 0 Å². The van der Waals surface area contributed by atoms with Crippen molar-refractivity contribution in [3.8, 4) is 11.8 Å². The molecule has 0 aliphatic carbocycles. The van der Waals surface area contributed by atoms with E-state index in [1.807, 2.05) is 13.8 Å². The summed E-state index contributed by atoms with van der Waals surface area (Å²) in [7, 11) is 0. The molecule has 25 heavy (non-hydrogen) atoms. The van der Waals surface area contributed by atoms with Crippen molar-refractivity contribution in [3.05, 3.63) is 0 Å². The zero-order valence-corrected chi connectivity index (χ0v) is 12.3. The van der Waals surface area contributed by atoms with Crippen LogP contribution in [0, 0.1) is 11.8 Å². The summed E-state index contributed by atoms with van der Waals surface area (Å²) in [4.78, 5) is 44.9. The van der Waals surface area contributed by atoms with E-state index >= 15 is 0 Å². The number of hydrogen-bond acceptors (Lipinski definition) is 6. The Bertz CT molecular complexity index is 338. The van der Waals surface area contributed by atoms with Gasteiger partial charge in [0.05, 0.1) is 0 Å². The molecule has 0 unspecified atom stereocenters. The highest BCUT2D eigenvalue weighted by atomic mass is 16.7. The van der Waals surface area contributed by atoms with E-state index < -0.39 is 18.1 Å². The molecule has 0 aliphatic rings. The van der Waals surface area contributed by atoms with E-state index in [-0.39, 0.29) is 60.2 Å². The van der Waals surface area contributed by atoms with Crippen LogP contribution in [0.5, 0.6) is 0 Å². The van der Waals surface area contributed by atoms with Crippen LogP contribution in [-0.4, -0.2) is 78.3 Å². The molecule has 0 aromatic heterocycles. The fraction of sp³-hybridized carbons (Fsp3) is 0.333. The third-order valence-corrected chi connectivity index (χ3v) is 0.605. The van der Waals surface area contributed by atoms with Gasteiger partial charge in [0.15, 0.2) is 0 Å². The minimum atomic E-state index is -1.93. The van der Waals surface area contributed by atoms with Crippen molar-refractivity contribution < 1.29 is 85.6 Å². The van der Waals surface area contributed by atoms with E-state index in [2.05, 4.69) is 16.6 Å². The van der Waals surface area contributed by atoms with Crippen LogP contribution in [0.3, 0.4) is 0 Å². The third kappa shape index (κ3) is 209. The van der Waals surface area contributed by atoms with Crippen LogP contribution < -0.4 is 0 Å². The summed E-state index contributed by atoms with van der Waals surface area (Å²) in [6.45, 7) is 3.64. The van der Waals surface area contributed by atoms with Crippen LogP contribution in [0.25, 0.3) is 0 Å². The molecule has 0 bridgehead atoms. The van der Waals surface area contributed by atoms with Gasteiger partial charge in [-0.25, -0.2) is 14.4 Å². The maximum Gasteiger partial charge on any atom is 0.514 e. The van der Waals surface area contributed by atoms with Crippen molar-refractivity contribution in [2.45, 2.75) is 21.3 Å². The minimum Gasteiger partial charge on any atom is -0.473 e. The smallest absolute Gasteiger partial charge is 0.473 e. The summed E-state index contributed by atoms with van der Waals surface area (Å²) < 4.78 is 3.19. The second kappa shape index (κ2) is 83.9. The van der Waals surface area contributed by atoms with Crippen molar-refractivity contribution >= 4 is 24.2 Å². The van der Waals surface area contributed by atoms with Gasteiger partial charge in [0.25, 0.3) is 0 Å². The van der Waals surface area contributed by atoms with Crippen molar-refractivity contribution in [1.82, 2.24) is 0 Å².